The van der Waals surface area contributed by atoms with Crippen molar-refractivity contribution in [2.45, 2.75) is 13.1 Å². The van der Waals surface area contributed by atoms with E-state index < -0.39 is 5.97 Å². The summed E-state index contributed by atoms with van der Waals surface area (Å²) in [6, 6.07) is 12.2. The number of phenolic OH excluding ortho intramolecular Hbond substituents is 1. The van der Waals surface area contributed by atoms with E-state index >= 15 is 0 Å². The van der Waals surface area contributed by atoms with Crippen LogP contribution in [-0.4, -0.2) is 16.2 Å². The predicted molar refractivity (Wildman–Crippen MR) is 81.8 cm³/mol. The highest BCUT2D eigenvalue weighted by molar-refractivity contribution is 5.88. The molecule has 5 heteroatoms. The van der Waals surface area contributed by atoms with Gasteiger partial charge in [0.05, 0.1) is 11.8 Å². The number of nitrogens with one attached hydrogen (secondary N) is 1. The van der Waals surface area contributed by atoms with Crippen LogP contribution >= 0.6 is 0 Å². The fraction of sp³-hybridized carbons (Fsp3) is 0.118. The minimum absolute atomic E-state index is 0.0160. The van der Waals surface area contributed by atoms with E-state index in [2.05, 4.69) is 5.32 Å². The first-order valence-corrected chi connectivity index (χ1v) is 6.85. The van der Waals surface area contributed by atoms with Crippen molar-refractivity contribution in [2.75, 3.05) is 0 Å². The van der Waals surface area contributed by atoms with Gasteiger partial charge in [-0.25, -0.2) is 4.79 Å². The van der Waals surface area contributed by atoms with E-state index in [9.17, 15) is 9.90 Å². The molecule has 0 spiro atoms. The van der Waals surface area contributed by atoms with E-state index in [4.69, 9.17) is 9.52 Å². The Morgan fingerprint density at radius 3 is 2.73 bits per heavy atom. The maximum Gasteiger partial charge on any atom is 0.335 e. The molecule has 22 heavy (non-hydrogen) atoms. The van der Waals surface area contributed by atoms with E-state index in [1.54, 1.807) is 12.3 Å². The van der Waals surface area contributed by atoms with Gasteiger partial charge in [-0.05, 0) is 35.9 Å². The average Bonchev–Trinajstić information content (AvgIpc) is 2.96. The normalized spacial score (nSPS) is 10.9. The highest BCUT2D eigenvalue weighted by Crippen LogP contribution is 2.20. The topological polar surface area (TPSA) is 82.7 Å². The van der Waals surface area contributed by atoms with Gasteiger partial charge in [0.1, 0.15) is 11.3 Å². The van der Waals surface area contributed by atoms with Gasteiger partial charge in [-0.15, -0.1) is 0 Å². The molecule has 0 bridgehead atoms. The highest BCUT2D eigenvalue weighted by Gasteiger charge is 2.07. The summed E-state index contributed by atoms with van der Waals surface area (Å²) in [4.78, 5) is 10.8. The van der Waals surface area contributed by atoms with Crippen LogP contribution in [0.4, 0.5) is 0 Å². The van der Waals surface area contributed by atoms with Crippen molar-refractivity contribution >= 4 is 16.9 Å². The predicted octanol–water partition coefficient (Wildman–Crippen LogP) is 3.13. The van der Waals surface area contributed by atoms with Crippen LogP contribution in [0, 0.1) is 0 Å². The molecule has 2 aromatic carbocycles. The minimum atomic E-state index is -1.05. The standard InChI is InChI=1S/C17H15NO4/c19-15-8-13(17(20)21)2-3-14(15)10-18-9-11-1-4-16-12(7-11)5-6-22-16/h1-8,18-19H,9-10H2,(H,20,21). The molecular weight excluding hydrogens is 282 g/mol. The van der Waals surface area contributed by atoms with Gasteiger partial charge in [0.25, 0.3) is 0 Å². The molecule has 0 saturated heterocycles. The molecule has 5 nitrogen and oxygen atoms in total. The lowest BCUT2D eigenvalue weighted by Crippen LogP contribution is -2.13. The molecule has 0 fully saturated rings. The smallest absolute Gasteiger partial charge is 0.335 e. The molecule has 0 aliphatic rings. The monoisotopic (exact) mass is 297 g/mol. The van der Waals surface area contributed by atoms with Crippen LogP contribution in [0.3, 0.4) is 0 Å². The average molecular weight is 297 g/mol. The third kappa shape index (κ3) is 2.94. The van der Waals surface area contributed by atoms with Crippen molar-refractivity contribution in [2.24, 2.45) is 0 Å². The minimum Gasteiger partial charge on any atom is -0.508 e. The third-order valence-electron chi connectivity index (χ3n) is 3.49. The summed E-state index contributed by atoms with van der Waals surface area (Å²) in [6.07, 6.45) is 1.66. The molecule has 0 aliphatic heterocycles. The summed E-state index contributed by atoms with van der Waals surface area (Å²) < 4.78 is 5.29. The van der Waals surface area contributed by atoms with Crippen molar-refractivity contribution in [3.8, 4) is 5.75 Å². The fourth-order valence-electron chi connectivity index (χ4n) is 2.31. The highest BCUT2D eigenvalue weighted by atomic mass is 16.4. The third-order valence-corrected chi connectivity index (χ3v) is 3.49. The number of carboxylic acids is 1. The summed E-state index contributed by atoms with van der Waals surface area (Å²) in [7, 11) is 0. The summed E-state index contributed by atoms with van der Waals surface area (Å²) in [5, 5.41) is 23.0. The molecule has 1 aromatic heterocycles. The van der Waals surface area contributed by atoms with E-state index in [0.29, 0.717) is 18.7 Å². The Kier molecular flexibility index (Phi) is 3.80. The second-order valence-corrected chi connectivity index (χ2v) is 5.04. The van der Waals surface area contributed by atoms with Gasteiger partial charge in [-0.2, -0.15) is 0 Å². The largest absolute Gasteiger partial charge is 0.508 e. The zero-order valence-corrected chi connectivity index (χ0v) is 11.7. The Hall–Kier alpha value is -2.79. The van der Waals surface area contributed by atoms with E-state index in [1.165, 1.54) is 12.1 Å². The van der Waals surface area contributed by atoms with Crippen molar-refractivity contribution in [1.82, 2.24) is 5.32 Å². The summed E-state index contributed by atoms with van der Waals surface area (Å²) in [5.41, 5.74) is 2.70. The zero-order valence-electron chi connectivity index (χ0n) is 11.7. The second-order valence-electron chi connectivity index (χ2n) is 5.04. The van der Waals surface area contributed by atoms with Crippen LogP contribution in [0.5, 0.6) is 5.75 Å². The Labute approximate surface area is 126 Å². The number of phenols is 1. The maximum absolute atomic E-state index is 10.8. The molecule has 3 aromatic rings. The summed E-state index contributed by atoms with van der Waals surface area (Å²) >= 11 is 0. The molecule has 0 saturated carbocycles. The van der Waals surface area contributed by atoms with E-state index in [0.717, 1.165) is 16.5 Å². The van der Waals surface area contributed by atoms with Gasteiger partial charge < -0.3 is 19.9 Å². The van der Waals surface area contributed by atoms with Gasteiger partial charge in [0, 0.05) is 24.0 Å². The SMILES string of the molecule is O=C(O)c1ccc(CNCc2ccc3occc3c2)c(O)c1. The maximum atomic E-state index is 10.8. The zero-order chi connectivity index (χ0) is 15.5. The molecule has 0 aliphatic carbocycles. The van der Waals surface area contributed by atoms with Gasteiger partial charge in [0.15, 0.2) is 0 Å². The Bertz CT molecular complexity index is 822. The van der Waals surface area contributed by atoms with Crippen LogP contribution in [0.2, 0.25) is 0 Å². The Morgan fingerprint density at radius 2 is 1.95 bits per heavy atom. The summed E-state index contributed by atoms with van der Waals surface area (Å²) in [5.74, 6) is -1.07. The number of carbonyl (C=O) groups is 1. The number of hydrogen-bond acceptors (Lipinski definition) is 4. The molecule has 3 rings (SSSR count). The number of benzene rings is 2. The van der Waals surface area contributed by atoms with Crippen molar-refractivity contribution in [3.63, 3.8) is 0 Å². The van der Waals surface area contributed by atoms with Gasteiger partial charge in [0.2, 0.25) is 0 Å². The quantitative estimate of drug-likeness (QED) is 0.674. The van der Waals surface area contributed by atoms with Crippen LogP contribution in [0.25, 0.3) is 11.0 Å². The molecule has 112 valence electrons. The van der Waals surface area contributed by atoms with Gasteiger partial charge >= 0.3 is 5.97 Å². The van der Waals surface area contributed by atoms with Crippen molar-refractivity contribution in [1.29, 1.82) is 0 Å². The number of fused-ring (bicyclic) bond motifs is 1. The fourth-order valence-corrected chi connectivity index (χ4v) is 2.31. The van der Waals surface area contributed by atoms with Crippen molar-refractivity contribution < 1.29 is 19.4 Å². The molecule has 0 radical (unpaired) electrons. The lowest BCUT2D eigenvalue weighted by atomic mass is 10.1. The van der Waals surface area contributed by atoms with Gasteiger partial charge in [-0.1, -0.05) is 12.1 Å². The van der Waals surface area contributed by atoms with Crippen molar-refractivity contribution in [3.05, 3.63) is 65.4 Å². The number of hydrogen-bond donors (Lipinski definition) is 3. The van der Waals surface area contributed by atoms with Crippen LogP contribution in [-0.2, 0) is 13.1 Å². The van der Waals surface area contributed by atoms with Crippen LogP contribution in [0.15, 0.2) is 53.1 Å². The lowest BCUT2D eigenvalue weighted by Gasteiger charge is -2.08. The molecule has 0 atom stereocenters. The molecular formula is C17H15NO4. The van der Waals surface area contributed by atoms with E-state index in [-0.39, 0.29) is 11.3 Å². The Morgan fingerprint density at radius 1 is 1.09 bits per heavy atom. The first-order chi connectivity index (χ1) is 10.6. The first kappa shape index (κ1) is 14.2. The second kappa shape index (κ2) is 5.91. The number of furan rings is 1. The summed E-state index contributed by atoms with van der Waals surface area (Å²) in [6.45, 7) is 1.09. The number of aromatic carboxylic acids is 1. The van der Waals surface area contributed by atoms with Crippen LogP contribution in [0.1, 0.15) is 21.5 Å². The number of aromatic hydroxyl groups is 1. The van der Waals surface area contributed by atoms with Gasteiger partial charge in [-0.3, -0.25) is 0 Å². The molecule has 3 N–H and O–H groups in total. The molecule has 0 amide bonds. The first-order valence-electron chi connectivity index (χ1n) is 6.85. The van der Waals surface area contributed by atoms with E-state index in [1.807, 2.05) is 24.3 Å². The Balaban J connectivity index is 1.64. The lowest BCUT2D eigenvalue weighted by molar-refractivity contribution is 0.0696. The van der Waals surface area contributed by atoms with Crippen LogP contribution < -0.4 is 5.32 Å². The number of carboxylic acid groups (broad SMARTS) is 1. The molecule has 0 unspecified atom stereocenters. The number of rotatable bonds is 5. The molecule has 1 heterocycles.